The summed E-state index contributed by atoms with van der Waals surface area (Å²) in [6, 6.07) is 12.3. The lowest BCUT2D eigenvalue weighted by Gasteiger charge is -2.12. The Kier molecular flexibility index (Phi) is 6.44. The molecular weight excluding hydrogens is 420 g/mol. The van der Waals surface area contributed by atoms with Crippen molar-refractivity contribution in [2.75, 3.05) is 27.4 Å². The Labute approximate surface area is 184 Å². The van der Waals surface area contributed by atoms with E-state index in [1.807, 2.05) is 12.1 Å². The van der Waals surface area contributed by atoms with E-state index in [1.54, 1.807) is 44.6 Å². The summed E-state index contributed by atoms with van der Waals surface area (Å²) in [5, 5.41) is 4.07. The Morgan fingerprint density at radius 3 is 2.74 bits per heavy atom. The van der Waals surface area contributed by atoms with Gasteiger partial charge in [-0.05, 0) is 43.2 Å². The monoisotopic (exact) mass is 442 g/mol. The van der Waals surface area contributed by atoms with Crippen molar-refractivity contribution < 1.29 is 23.4 Å². The fourth-order valence-electron chi connectivity index (χ4n) is 3.48. The third kappa shape index (κ3) is 4.68. The zero-order chi connectivity index (χ0) is 21.8. The summed E-state index contributed by atoms with van der Waals surface area (Å²) in [5.41, 5.74) is 1.49. The smallest absolute Gasteiger partial charge is 0.256 e. The van der Waals surface area contributed by atoms with Crippen LogP contribution in [-0.4, -0.2) is 39.4 Å². The summed E-state index contributed by atoms with van der Waals surface area (Å²) >= 11 is 6.23. The molecule has 0 radical (unpaired) electrons. The number of amides is 1. The molecule has 4 rings (SSSR count). The fraction of sp³-hybridized carbons (Fsp3) is 0.304. The molecule has 8 heteroatoms. The highest BCUT2D eigenvalue weighted by Crippen LogP contribution is 2.29. The Morgan fingerprint density at radius 2 is 2.03 bits per heavy atom. The molecule has 0 aliphatic carbocycles. The first-order valence-corrected chi connectivity index (χ1v) is 10.4. The van der Waals surface area contributed by atoms with Gasteiger partial charge in [-0.3, -0.25) is 4.79 Å². The van der Waals surface area contributed by atoms with Gasteiger partial charge in [-0.2, -0.15) is 0 Å². The maximum atomic E-state index is 13.0. The van der Waals surface area contributed by atoms with Crippen LogP contribution in [0.2, 0.25) is 5.02 Å². The van der Waals surface area contributed by atoms with Crippen LogP contribution in [-0.2, 0) is 4.74 Å². The van der Waals surface area contributed by atoms with Gasteiger partial charge in [0, 0.05) is 18.5 Å². The maximum absolute atomic E-state index is 13.0. The number of rotatable bonds is 6. The van der Waals surface area contributed by atoms with Crippen LogP contribution in [0, 0.1) is 0 Å². The van der Waals surface area contributed by atoms with Gasteiger partial charge in [0.15, 0.2) is 11.3 Å². The first kappa shape index (κ1) is 21.2. The van der Waals surface area contributed by atoms with E-state index in [4.69, 9.17) is 30.2 Å². The molecule has 2 aromatic carbocycles. The average molecular weight is 443 g/mol. The summed E-state index contributed by atoms with van der Waals surface area (Å²) < 4.78 is 22.2. The van der Waals surface area contributed by atoms with Crippen molar-refractivity contribution in [3.63, 3.8) is 0 Å². The van der Waals surface area contributed by atoms with Gasteiger partial charge in [0.2, 0.25) is 5.55 Å². The molecule has 0 spiro atoms. The lowest BCUT2D eigenvalue weighted by Crippen LogP contribution is -2.34. The third-order valence-corrected chi connectivity index (χ3v) is 5.38. The molecule has 1 unspecified atom stereocenters. The highest BCUT2D eigenvalue weighted by Gasteiger charge is 2.19. The van der Waals surface area contributed by atoms with Crippen molar-refractivity contribution >= 4 is 34.2 Å². The summed E-state index contributed by atoms with van der Waals surface area (Å²) in [5.74, 6) is 0.794. The van der Waals surface area contributed by atoms with Crippen LogP contribution in [0.5, 0.6) is 11.5 Å². The van der Waals surface area contributed by atoms with Gasteiger partial charge in [-0.1, -0.05) is 23.7 Å². The van der Waals surface area contributed by atoms with E-state index in [-0.39, 0.29) is 17.6 Å². The maximum Gasteiger partial charge on any atom is 0.256 e. The summed E-state index contributed by atoms with van der Waals surface area (Å²) in [7, 11) is 3.10. The number of benzene rings is 2. The number of carbonyl (C=O) groups excluding carboxylic acids is 1. The van der Waals surface area contributed by atoms with Gasteiger partial charge in [-0.25, -0.2) is 4.99 Å². The first-order valence-electron chi connectivity index (χ1n) is 9.98. The largest absolute Gasteiger partial charge is 0.495 e. The predicted molar refractivity (Wildman–Crippen MR) is 117 cm³/mol. The van der Waals surface area contributed by atoms with E-state index in [0.29, 0.717) is 39.9 Å². The fourth-order valence-corrected chi connectivity index (χ4v) is 3.73. The van der Waals surface area contributed by atoms with Crippen molar-refractivity contribution in [2.45, 2.75) is 18.9 Å². The number of hydrogen-bond donors (Lipinski definition) is 1. The zero-order valence-electron chi connectivity index (χ0n) is 17.3. The number of methoxy groups -OCH3 is 2. The Hall–Kier alpha value is -3.03. The van der Waals surface area contributed by atoms with Crippen molar-refractivity contribution in [1.82, 2.24) is 5.32 Å². The van der Waals surface area contributed by atoms with E-state index in [9.17, 15) is 4.79 Å². The zero-order valence-corrected chi connectivity index (χ0v) is 18.1. The molecule has 1 saturated heterocycles. The Morgan fingerprint density at radius 1 is 1.19 bits per heavy atom. The van der Waals surface area contributed by atoms with Crippen LogP contribution >= 0.6 is 11.6 Å². The molecule has 7 nitrogen and oxygen atoms in total. The SMILES string of the molecule is COc1ccc(N=c2oc3c(OC)cccc3cc2C(=O)NCC2CCCO2)cc1Cl. The van der Waals surface area contributed by atoms with Gasteiger partial charge in [-0.15, -0.1) is 0 Å². The minimum atomic E-state index is -0.290. The molecule has 1 aliphatic heterocycles. The highest BCUT2D eigenvalue weighted by atomic mass is 35.5. The molecule has 31 heavy (non-hydrogen) atoms. The summed E-state index contributed by atoms with van der Waals surface area (Å²) in [6.07, 6.45) is 1.97. The van der Waals surface area contributed by atoms with Gasteiger partial charge >= 0.3 is 0 Å². The molecule has 1 N–H and O–H groups in total. The molecule has 1 aromatic heterocycles. The molecule has 1 amide bonds. The van der Waals surface area contributed by atoms with E-state index in [1.165, 1.54) is 0 Å². The minimum Gasteiger partial charge on any atom is -0.495 e. The van der Waals surface area contributed by atoms with E-state index in [0.717, 1.165) is 24.8 Å². The molecule has 1 fully saturated rings. The number of para-hydroxylation sites is 1. The van der Waals surface area contributed by atoms with Gasteiger partial charge < -0.3 is 23.9 Å². The molecule has 3 aromatic rings. The Bertz CT molecular complexity index is 1170. The van der Waals surface area contributed by atoms with E-state index in [2.05, 4.69) is 10.3 Å². The first-order chi connectivity index (χ1) is 15.1. The van der Waals surface area contributed by atoms with E-state index >= 15 is 0 Å². The van der Waals surface area contributed by atoms with Gasteiger partial charge in [0.1, 0.15) is 11.3 Å². The second kappa shape index (κ2) is 9.41. The molecule has 0 bridgehead atoms. The molecule has 0 saturated carbocycles. The third-order valence-electron chi connectivity index (χ3n) is 5.08. The number of ether oxygens (including phenoxy) is 3. The summed E-state index contributed by atoms with van der Waals surface area (Å²) in [4.78, 5) is 17.6. The summed E-state index contributed by atoms with van der Waals surface area (Å²) in [6.45, 7) is 1.16. The Balaban J connectivity index is 1.79. The molecular formula is C23H23ClN2O5. The number of halogens is 1. The van der Waals surface area contributed by atoms with Gasteiger partial charge in [0.05, 0.1) is 31.0 Å². The highest BCUT2D eigenvalue weighted by molar-refractivity contribution is 6.32. The second-order valence-corrected chi connectivity index (χ2v) is 7.53. The minimum absolute atomic E-state index is 0.0298. The van der Waals surface area contributed by atoms with Crippen molar-refractivity contribution in [1.29, 1.82) is 0 Å². The molecule has 1 atom stereocenters. The predicted octanol–water partition coefficient (Wildman–Crippen LogP) is 4.24. The van der Waals surface area contributed by atoms with Crippen molar-refractivity contribution in [2.24, 2.45) is 4.99 Å². The van der Waals surface area contributed by atoms with Crippen molar-refractivity contribution in [3.8, 4) is 11.5 Å². The number of hydrogen-bond acceptors (Lipinski definition) is 6. The van der Waals surface area contributed by atoms with Crippen LogP contribution < -0.4 is 20.3 Å². The lowest BCUT2D eigenvalue weighted by atomic mass is 10.1. The lowest BCUT2D eigenvalue weighted by molar-refractivity contribution is 0.0854. The van der Waals surface area contributed by atoms with E-state index < -0.39 is 0 Å². The average Bonchev–Trinajstić information content (AvgIpc) is 3.30. The van der Waals surface area contributed by atoms with Crippen LogP contribution in [0.1, 0.15) is 23.2 Å². The second-order valence-electron chi connectivity index (χ2n) is 7.12. The molecule has 1 aliphatic rings. The van der Waals surface area contributed by atoms with Crippen LogP contribution in [0.3, 0.4) is 0 Å². The standard InChI is InChI=1S/C23H23ClN2O5/c1-28-19-9-8-15(12-18(19)24)26-23-17(22(27)25-13-16-6-4-10-30-16)11-14-5-3-7-20(29-2)21(14)31-23/h3,5,7-9,11-12,16H,4,6,10,13H2,1-2H3,(H,25,27). The number of nitrogens with one attached hydrogen (secondary N) is 1. The number of carbonyl (C=O) groups is 1. The number of fused-ring (bicyclic) bond motifs is 1. The topological polar surface area (TPSA) is 82.3 Å². The van der Waals surface area contributed by atoms with Crippen LogP contribution in [0.25, 0.3) is 11.0 Å². The quantitative estimate of drug-likeness (QED) is 0.617. The van der Waals surface area contributed by atoms with Crippen LogP contribution in [0.15, 0.2) is 51.9 Å². The van der Waals surface area contributed by atoms with Crippen molar-refractivity contribution in [3.05, 3.63) is 58.6 Å². The van der Waals surface area contributed by atoms with Gasteiger partial charge in [0.25, 0.3) is 5.91 Å². The van der Waals surface area contributed by atoms with Crippen LogP contribution in [0.4, 0.5) is 5.69 Å². The number of nitrogens with zero attached hydrogens (tertiary/aromatic N) is 1. The molecule has 2 heterocycles. The molecule has 162 valence electrons. The normalized spacial score (nSPS) is 16.5.